The molecule has 10 nitrogen and oxygen atoms in total. The molecule has 1 aromatic heterocycles. The first-order chi connectivity index (χ1) is 18.1. The number of benzene rings is 2. The summed E-state index contributed by atoms with van der Waals surface area (Å²) in [4.78, 5) is 41.0. The number of rotatable bonds is 6. The smallest absolute Gasteiger partial charge is 0.318 e. The number of primary amides is 1. The molecule has 0 spiro atoms. The van der Waals surface area contributed by atoms with E-state index < -0.39 is 32.9 Å². The summed E-state index contributed by atoms with van der Waals surface area (Å²) in [7, 11) is -2.41. The molecule has 0 aliphatic carbocycles. The summed E-state index contributed by atoms with van der Waals surface area (Å²) in [5, 5.41) is 9.27. The van der Waals surface area contributed by atoms with Crippen LogP contribution < -0.4 is 16.1 Å². The highest BCUT2D eigenvalue weighted by Gasteiger charge is 2.50. The monoisotopic (exact) mass is 556 g/mol. The third-order valence-electron chi connectivity index (χ3n) is 6.79. The van der Waals surface area contributed by atoms with Crippen LogP contribution in [0, 0.1) is 0 Å². The number of carbonyl (C=O) groups excluding carboxylic acids is 3. The number of carbonyl (C=O) groups is 3. The highest BCUT2D eigenvalue weighted by molar-refractivity contribution is 7.92. The molecule has 4 N–H and O–H groups in total. The zero-order chi connectivity index (χ0) is 27.5. The summed E-state index contributed by atoms with van der Waals surface area (Å²) in [6.45, 7) is 0.0933. The molecule has 4 rings (SSSR count). The number of nitrogens with zero attached hydrogens (tertiary/aromatic N) is 2. The Labute approximate surface area is 224 Å². The van der Waals surface area contributed by atoms with Crippen molar-refractivity contribution in [3.8, 4) is 10.4 Å². The Morgan fingerprint density at radius 1 is 1.08 bits per heavy atom. The number of nitrogens with one attached hydrogen (secondary N) is 1. The van der Waals surface area contributed by atoms with Gasteiger partial charge in [-0.1, -0.05) is 30.3 Å². The van der Waals surface area contributed by atoms with Crippen molar-refractivity contribution in [1.29, 1.82) is 0 Å². The highest BCUT2D eigenvalue weighted by Crippen LogP contribution is 2.45. The second-order valence-electron chi connectivity index (χ2n) is 9.04. The summed E-state index contributed by atoms with van der Waals surface area (Å²) in [5.41, 5.74) is 8.70. The molecule has 4 amide bonds. The summed E-state index contributed by atoms with van der Waals surface area (Å²) in [5.74, 6) is -1.46. The number of urea groups is 1. The topological polar surface area (TPSA) is 150 Å². The van der Waals surface area contributed by atoms with E-state index in [4.69, 9.17) is 5.73 Å². The number of sulfone groups is 1. The number of nitrogens with two attached hydrogens (primary N) is 1. The number of amides is 4. The van der Waals surface area contributed by atoms with E-state index in [1.54, 1.807) is 73.2 Å². The van der Waals surface area contributed by atoms with E-state index >= 15 is 0 Å². The van der Waals surface area contributed by atoms with Crippen LogP contribution in [0.1, 0.15) is 28.1 Å². The van der Waals surface area contributed by atoms with Gasteiger partial charge < -0.3 is 10.6 Å². The summed E-state index contributed by atoms with van der Waals surface area (Å²) in [6, 6.07) is 18.5. The van der Waals surface area contributed by atoms with Crippen LogP contribution in [0.2, 0.25) is 0 Å². The maximum atomic E-state index is 13.8. The van der Waals surface area contributed by atoms with Gasteiger partial charge >= 0.3 is 6.03 Å². The first-order valence-corrected chi connectivity index (χ1v) is 14.3. The summed E-state index contributed by atoms with van der Waals surface area (Å²) >= 11 is 1.21. The van der Waals surface area contributed by atoms with Crippen molar-refractivity contribution in [3.63, 3.8) is 0 Å². The predicted octanol–water partition coefficient (Wildman–Crippen LogP) is 2.98. The minimum Gasteiger partial charge on any atom is -0.351 e. The lowest BCUT2D eigenvalue weighted by molar-refractivity contribution is -0.129. The van der Waals surface area contributed by atoms with Gasteiger partial charge in [0.1, 0.15) is 4.75 Å². The quantitative estimate of drug-likeness (QED) is 0.314. The van der Waals surface area contributed by atoms with Crippen molar-refractivity contribution in [2.24, 2.45) is 5.73 Å². The largest absolute Gasteiger partial charge is 0.351 e. The van der Waals surface area contributed by atoms with E-state index in [1.165, 1.54) is 21.1 Å². The van der Waals surface area contributed by atoms with E-state index in [-0.39, 0.29) is 31.2 Å². The SMILES string of the molecule is CN(C(N)=O)c1cccc(-c2ccc(C3(CC(=O)NO)CCN(C(=O)c4ccccc4)CCS3(=O)=O)s2)c1. The number of hydrogen-bond acceptors (Lipinski definition) is 7. The molecule has 2 aromatic carbocycles. The van der Waals surface area contributed by atoms with Gasteiger partial charge in [0.25, 0.3) is 5.91 Å². The zero-order valence-electron chi connectivity index (χ0n) is 20.7. The first-order valence-electron chi connectivity index (χ1n) is 11.8. The zero-order valence-corrected chi connectivity index (χ0v) is 22.3. The normalized spacial score (nSPS) is 18.8. The number of thiophene rings is 1. The van der Waals surface area contributed by atoms with E-state index in [0.717, 1.165) is 10.4 Å². The van der Waals surface area contributed by atoms with Crippen LogP contribution >= 0.6 is 11.3 Å². The lowest BCUT2D eigenvalue weighted by Crippen LogP contribution is -2.41. The molecule has 0 saturated carbocycles. The van der Waals surface area contributed by atoms with Gasteiger partial charge in [0, 0.05) is 41.1 Å². The molecule has 1 aliphatic heterocycles. The second kappa shape index (κ2) is 10.9. The van der Waals surface area contributed by atoms with Crippen molar-refractivity contribution in [2.45, 2.75) is 17.6 Å². The lowest BCUT2D eigenvalue weighted by Gasteiger charge is -2.30. The molecule has 1 aliphatic rings. The van der Waals surface area contributed by atoms with Gasteiger partial charge in [0.05, 0.1) is 12.2 Å². The molecule has 38 heavy (non-hydrogen) atoms. The summed E-state index contributed by atoms with van der Waals surface area (Å²) in [6.07, 6.45) is -0.519. The Kier molecular flexibility index (Phi) is 7.86. The van der Waals surface area contributed by atoms with Gasteiger partial charge in [0.15, 0.2) is 9.84 Å². The van der Waals surface area contributed by atoms with E-state index in [0.29, 0.717) is 16.1 Å². The van der Waals surface area contributed by atoms with E-state index in [9.17, 15) is 28.0 Å². The second-order valence-corrected chi connectivity index (χ2v) is 12.5. The molecule has 12 heteroatoms. The van der Waals surface area contributed by atoms with Crippen LogP contribution in [-0.2, 0) is 19.4 Å². The molecule has 0 bridgehead atoms. The standard InChI is InChI=1S/C26H28N4O6S2/c1-29(25(27)33)20-9-5-8-19(16-20)21-10-11-22(37-21)26(17-23(31)28-34)12-13-30(14-15-38(26,35)36)24(32)18-6-3-2-4-7-18/h2-11,16,34H,12-15,17H2,1H3,(H2,27,33)(H,28,31). The molecular weight excluding hydrogens is 528 g/mol. The van der Waals surface area contributed by atoms with Crippen LogP contribution in [0.4, 0.5) is 10.5 Å². The molecule has 1 saturated heterocycles. The van der Waals surface area contributed by atoms with Crippen molar-refractivity contribution in [1.82, 2.24) is 10.4 Å². The molecule has 3 aromatic rings. The average Bonchev–Trinajstić information content (AvgIpc) is 3.38. The maximum absolute atomic E-state index is 13.8. The number of hydrogen-bond donors (Lipinski definition) is 3. The van der Waals surface area contributed by atoms with Crippen LogP contribution in [0.25, 0.3) is 10.4 Å². The van der Waals surface area contributed by atoms with Crippen LogP contribution in [0.5, 0.6) is 0 Å². The van der Waals surface area contributed by atoms with Crippen LogP contribution in [-0.4, -0.2) is 62.3 Å². The van der Waals surface area contributed by atoms with Crippen LogP contribution in [0.3, 0.4) is 0 Å². The van der Waals surface area contributed by atoms with Gasteiger partial charge in [-0.2, -0.15) is 0 Å². The molecule has 2 heterocycles. The Bertz CT molecular complexity index is 1460. The first kappa shape index (κ1) is 27.3. The van der Waals surface area contributed by atoms with Crippen molar-refractivity contribution in [2.75, 3.05) is 30.8 Å². The molecule has 1 fully saturated rings. The Morgan fingerprint density at radius 2 is 1.82 bits per heavy atom. The average molecular weight is 557 g/mol. The van der Waals surface area contributed by atoms with Crippen molar-refractivity contribution >= 4 is 44.7 Å². The minimum atomic E-state index is -3.95. The maximum Gasteiger partial charge on any atom is 0.318 e. The molecular formula is C26H28N4O6S2. The van der Waals surface area contributed by atoms with Gasteiger partial charge in [-0.05, 0) is 48.4 Å². The van der Waals surface area contributed by atoms with Gasteiger partial charge in [-0.15, -0.1) is 11.3 Å². The van der Waals surface area contributed by atoms with E-state index in [2.05, 4.69) is 0 Å². The summed E-state index contributed by atoms with van der Waals surface area (Å²) < 4.78 is 25.9. The van der Waals surface area contributed by atoms with Gasteiger partial charge in [-0.25, -0.2) is 18.7 Å². The van der Waals surface area contributed by atoms with Crippen LogP contribution in [0.15, 0.2) is 66.7 Å². The highest BCUT2D eigenvalue weighted by atomic mass is 32.2. The van der Waals surface area contributed by atoms with Gasteiger partial charge in [-0.3, -0.25) is 19.7 Å². The van der Waals surface area contributed by atoms with Crippen molar-refractivity contribution in [3.05, 3.63) is 77.2 Å². The Hall–Kier alpha value is -3.74. The number of hydroxylamine groups is 1. The Morgan fingerprint density at radius 3 is 2.50 bits per heavy atom. The van der Waals surface area contributed by atoms with E-state index in [1.807, 2.05) is 6.07 Å². The third-order valence-corrected chi connectivity index (χ3v) is 10.7. The predicted molar refractivity (Wildman–Crippen MR) is 145 cm³/mol. The Balaban J connectivity index is 1.72. The number of anilines is 1. The minimum absolute atomic E-state index is 0.0156. The van der Waals surface area contributed by atoms with Gasteiger partial charge in [0.2, 0.25) is 5.91 Å². The fourth-order valence-corrected chi connectivity index (χ4v) is 8.17. The lowest BCUT2D eigenvalue weighted by atomic mass is 9.97. The van der Waals surface area contributed by atoms with Crippen molar-refractivity contribution < 1.29 is 28.0 Å². The molecule has 1 atom stereocenters. The molecule has 1 unspecified atom stereocenters. The fourth-order valence-electron chi connectivity index (χ4n) is 4.57. The third kappa shape index (κ3) is 5.28. The molecule has 200 valence electrons. The fraction of sp³-hybridized carbons (Fsp3) is 0.269. The molecule has 0 radical (unpaired) electrons.